The summed E-state index contributed by atoms with van der Waals surface area (Å²) in [5, 5.41) is 2.96. The molecular weight excluding hydrogens is 448 g/mol. The highest BCUT2D eigenvalue weighted by molar-refractivity contribution is 7.89. The molecule has 182 valence electrons. The number of benzene rings is 2. The van der Waals surface area contributed by atoms with Gasteiger partial charge in [0.05, 0.1) is 18.0 Å². The molecule has 2 aliphatic heterocycles. The number of carbonyl (C=O) groups is 1. The molecule has 8 heteroatoms. The molecule has 1 unspecified atom stereocenters. The average Bonchev–Trinajstić information content (AvgIpc) is 3.41. The number of hydrogen-bond acceptors (Lipinski definition) is 4. The molecule has 7 nitrogen and oxygen atoms in total. The summed E-state index contributed by atoms with van der Waals surface area (Å²) in [5.74, 6) is -0.0393. The van der Waals surface area contributed by atoms with Gasteiger partial charge in [-0.25, -0.2) is 8.42 Å². The van der Waals surface area contributed by atoms with Gasteiger partial charge in [0.25, 0.3) is 5.91 Å². The van der Waals surface area contributed by atoms with E-state index >= 15 is 0 Å². The number of hydrogen-bond donors (Lipinski definition) is 2. The second-order valence-corrected chi connectivity index (χ2v) is 11.1. The molecule has 0 saturated carbocycles. The van der Waals surface area contributed by atoms with Gasteiger partial charge in [-0.3, -0.25) is 9.69 Å². The fourth-order valence-corrected chi connectivity index (χ4v) is 6.10. The van der Waals surface area contributed by atoms with E-state index in [1.165, 1.54) is 14.8 Å². The number of amides is 1. The van der Waals surface area contributed by atoms with E-state index in [0.29, 0.717) is 18.8 Å². The lowest BCUT2D eigenvalue weighted by atomic mass is 10.2. The average molecular weight is 484 g/mol. The minimum absolute atomic E-state index is 0.0393. The summed E-state index contributed by atoms with van der Waals surface area (Å²) in [5.41, 5.74) is 1.83. The summed E-state index contributed by atoms with van der Waals surface area (Å²) in [6.07, 6.45) is 6.17. The molecule has 2 fully saturated rings. The first kappa shape index (κ1) is 24.6. The standard InChI is InChI=1S/C26H34N4O3S/c1-22(29-20-18-28(19-21-29)15-7-10-23-8-3-2-4-9-23)26(31)27-24-11-13-25(14-12-24)34(32,33)30-16-5-6-17-30/h2-4,7-14,22H,5-6,15-21H2,1H3,(H,27,31)/p+1. The Bertz CT molecular complexity index is 1070. The van der Waals surface area contributed by atoms with Crippen LogP contribution in [0.25, 0.3) is 6.08 Å². The van der Waals surface area contributed by atoms with Gasteiger partial charge in [-0.1, -0.05) is 42.5 Å². The molecule has 2 heterocycles. The van der Waals surface area contributed by atoms with Crippen LogP contribution in [0.3, 0.4) is 0 Å². The van der Waals surface area contributed by atoms with E-state index in [0.717, 1.165) is 45.6 Å². The van der Waals surface area contributed by atoms with Gasteiger partial charge < -0.3 is 10.2 Å². The van der Waals surface area contributed by atoms with Crippen molar-refractivity contribution in [1.82, 2.24) is 9.21 Å². The Labute approximate surface area is 203 Å². The van der Waals surface area contributed by atoms with Crippen molar-refractivity contribution in [3.05, 3.63) is 66.2 Å². The number of sulfonamides is 1. The normalized spacial score (nSPS) is 19.4. The Morgan fingerprint density at radius 2 is 1.65 bits per heavy atom. The number of carbonyl (C=O) groups excluding carboxylic acids is 1. The van der Waals surface area contributed by atoms with Crippen molar-refractivity contribution >= 4 is 27.7 Å². The maximum absolute atomic E-state index is 12.8. The Morgan fingerprint density at radius 3 is 2.29 bits per heavy atom. The Balaban J connectivity index is 1.24. The lowest BCUT2D eigenvalue weighted by Gasteiger charge is -2.34. The molecule has 0 aliphatic carbocycles. The predicted octanol–water partition coefficient (Wildman–Crippen LogP) is 1.71. The zero-order valence-corrected chi connectivity index (χ0v) is 20.6. The molecule has 0 radical (unpaired) electrons. The summed E-state index contributed by atoms with van der Waals surface area (Å²) < 4.78 is 26.9. The van der Waals surface area contributed by atoms with Crippen molar-refractivity contribution in [3.8, 4) is 0 Å². The fraction of sp³-hybridized carbons (Fsp3) is 0.423. The van der Waals surface area contributed by atoms with Gasteiger partial charge in [-0.15, -0.1) is 0 Å². The van der Waals surface area contributed by atoms with E-state index in [4.69, 9.17) is 0 Å². The Morgan fingerprint density at radius 1 is 1.00 bits per heavy atom. The van der Waals surface area contributed by atoms with E-state index in [2.05, 4.69) is 34.5 Å². The van der Waals surface area contributed by atoms with E-state index in [1.807, 2.05) is 25.1 Å². The molecule has 1 amide bonds. The fourth-order valence-electron chi connectivity index (χ4n) is 4.58. The molecule has 4 rings (SSSR count). The highest BCUT2D eigenvalue weighted by Gasteiger charge is 2.29. The number of piperazine rings is 1. The summed E-state index contributed by atoms with van der Waals surface area (Å²) >= 11 is 0. The Kier molecular flexibility index (Phi) is 8.15. The first-order valence-electron chi connectivity index (χ1n) is 12.1. The molecule has 1 atom stereocenters. The SMILES string of the molecule is CC(C(=O)Nc1ccc(S(=O)(=O)N2CCCC2)cc1)[NH+]1CCN(CC=Cc2ccccc2)CC1. The van der Waals surface area contributed by atoms with Crippen LogP contribution in [0.1, 0.15) is 25.3 Å². The third-order valence-corrected chi connectivity index (χ3v) is 8.71. The van der Waals surface area contributed by atoms with Crippen LogP contribution in [0.5, 0.6) is 0 Å². The number of nitrogens with one attached hydrogen (secondary N) is 2. The molecule has 2 saturated heterocycles. The van der Waals surface area contributed by atoms with Gasteiger partial charge >= 0.3 is 0 Å². The van der Waals surface area contributed by atoms with Gasteiger partial charge in [0.15, 0.2) is 6.04 Å². The maximum atomic E-state index is 12.8. The molecule has 2 aliphatic rings. The number of anilines is 1. The molecule has 0 bridgehead atoms. The van der Waals surface area contributed by atoms with Crippen molar-refractivity contribution in [2.75, 3.05) is 51.1 Å². The van der Waals surface area contributed by atoms with Crippen molar-refractivity contribution in [3.63, 3.8) is 0 Å². The first-order valence-corrected chi connectivity index (χ1v) is 13.6. The number of nitrogens with zero attached hydrogens (tertiary/aromatic N) is 2. The van der Waals surface area contributed by atoms with E-state index in [9.17, 15) is 13.2 Å². The van der Waals surface area contributed by atoms with E-state index in [-0.39, 0.29) is 16.8 Å². The summed E-state index contributed by atoms with van der Waals surface area (Å²) in [6, 6.07) is 16.7. The quantitative estimate of drug-likeness (QED) is 0.600. The van der Waals surface area contributed by atoms with Gasteiger partial charge in [-0.2, -0.15) is 4.31 Å². The molecule has 0 spiro atoms. The zero-order chi connectivity index (χ0) is 24.0. The predicted molar refractivity (Wildman–Crippen MR) is 135 cm³/mol. The molecule has 34 heavy (non-hydrogen) atoms. The van der Waals surface area contributed by atoms with Crippen LogP contribution in [-0.4, -0.2) is 75.4 Å². The summed E-state index contributed by atoms with van der Waals surface area (Å²) in [6.45, 7) is 7.78. The second-order valence-electron chi connectivity index (χ2n) is 9.12. The zero-order valence-electron chi connectivity index (χ0n) is 19.8. The van der Waals surface area contributed by atoms with Crippen molar-refractivity contribution in [2.45, 2.75) is 30.7 Å². The molecule has 2 aromatic rings. The lowest BCUT2D eigenvalue weighted by Crippen LogP contribution is -3.19. The first-order chi connectivity index (χ1) is 16.4. The largest absolute Gasteiger partial charge is 0.323 e. The third kappa shape index (κ3) is 6.13. The highest BCUT2D eigenvalue weighted by Crippen LogP contribution is 2.22. The van der Waals surface area contributed by atoms with Gasteiger partial charge in [0.2, 0.25) is 10.0 Å². The smallest absolute Gasteiger partial charge is 0.282 e. The summed E-state index contributed by atoms with van der Waals surface area (Å²) in [7, 11) is -3.44. The van der Waals surface area contributed by atoms with Crippen molar-refractivity contribution < 1.29 is 18.1 Å². The van der Waals surface area contributed by atoms with Crippen LogP contribution in [0.2, 0.25) is 0 Å². The van der Waals surface area contributed by atoms with Crippen molar-refractivity contribution in [1.29, 1.82) is 0 Å². The third-order valence-electron chi connectivity index (χ3n) is 6.80. The van der Waals surface area contributed by atoms with Crippen LogP contribution in [0.15, 0.2) is 65.6 Å². The molecule has 0 aromatic heterocycles. The molecular formula is C26H35N4O3S+. The molecule has 2 aromatic carbocycles. The highest BCUT2D eigenvalue weighted by atomic mass is 32.2. The lowest BCUT2D eigenvalue weighted by molar-refractivity contribution is -0.918. The van der Waals surface area contributed by atoms with Crippen LogP contribution in [0.4, 0.5) is 5.69 Å². The summed E-state index contributed by atoms with van der Waals surface area (Å²) in [4.78, 5) is 16.8. The number of quaternary nitrogens is 1. The van der Waals surface area contributed by atoms with Crippen LogP contribution < -0.4 is 10.2 Å². The topological polar surface area (TPSA) is 74.2 Å². The minimum Gasteiger partial charge on any atom is -0.323 e. The second kappa shape index (κ2) is 11.3. The maximum Gasteiger partial charge on any atom is 0.282 e. The van der Waals surface area contributed by atoms with Crippen LogP contribution in [-0.2, 0) is 14.8 Å². The monoisotopic (exact) mass is 483 g/mol. The minimum atomic E-state index is -3.44. The van der Waals surface area contributed by atoms with Gasteiger partial charge in [-0.05, 0) is 49.6 Å². The van der Waals surface area contributed by atoms with Crippen molar-refractivity contribution in [2.24, 2.45) is 0 Å². The van der Waals surface area contributed by atoms with E-state index in [1.54, 1.807) is 24.3 Å². The number of rotatable bonds is 8. The van der Waals surface area contributed by atoms with Gasteiger partial charge in [0.1, 0.15) is 0 Å². The Hall–Kier alpha value is -2.52. The van der Waals surface area contributed by atoms with Crippen LogP contribution >= 0.6 is 0 Å². The molecule has 2 N–H and O–H groups in total. The van der Waals surface area contributed by atoms with Gasteiger partial charge in [0, 0.05) is 38.4 Å². The van der Waals surface area contributed by atoms with E-state index < -0.39 is 10.0 Å². The van der Waals surface area contributed by atoms with Crippen LogP contribution in [0, 0.1) is 0 Å².